The number of ether oxygens (including phenoxy) is 1. The van der Waals surface area contributed by atoms with Crippen LogP contribution in [-0.2, 0) is 17.9 Å². The molecule has 0 bridgehead atoms. The number of carbonyl (C=O) groups is 2. The average Bonchev–Trinajstić information content (AvgIpc) is 3.47. The van der Waals surface area contributed by atoms with Crippen LogP contribution in [0.15, 0.2) is 51.6 Å². The number of nitrogens with one attached hydrogen (secondary N) is 2. The Bertz CT molecular complexity index is 1300. The Morgan fingerprint density at radius 1 is 1.09 bits per heavy atom. The van der Waals surface area contributed by atoms with Crippen LogP contribution in [0, 0.1) is 13.8 Å². The van der Waals surface area contributed by atoms with E-state index in [1.807, 2.05) is 0 Å². The molecule has 0 aromatic carbocycles. The number of rotatable bonds is 7. The second-order valence-electron chi connectivity index (χ2n) is 7.18. The third-order valence-corrected chi connectivity index (χ3v) is 4.66. The van der Waals surface area contributed by atoms with Crippen molar-refractivity contribution in [2.75, 3.05) is 11.1 Å². The molecule has 34 heavy (non-hydrogen) atoms. The molecule has 0 radical (unpaired) electrons. The highest BCUT2D eigenvalue weighted by Crippen LogP contribution is 2.20. The lowest BCUT2D eigenvalue weighted by Gasteiger charge is -2.09. The van der Waals surface area contributed by atoms with E-state index in [1.54, 1.807) is 44.2 Å². The molecule has 0 fully saturated rings. The van der Waals surface area contributed by atoms with Gasteiger partial charge in [-0.1, -0.05) is 11.2 Å². The van der Waals surface area contributed by atoms with Crippen LogP contribution < -0.4 is 16.4 Å². The fourth-order valence-electron chi connectivity index (χ4n) is 3.04. The first-order chi connectivity index (χ1) is 16.4. The zero-order valence-corrected chi connectivity index (χ0v) is 18.4. The van der Waals surface area contributed by atoms with Gasteiger partial charge in [-0.05, 0) is 44.2 Å². The van der Waals surface area contributed by atoms with Crippen LogP contribution in [0.25, 0.3) is 11.5 Å². The van der Waals surface area contributed by atoms with E-state index in [9.17, 15) is 9.59 Å². The van der Waals surface area contributed by atoms with Crippen molar-refractivity contribution in [3.63, 3.8) is 0 Å². The highest BCUT2D eigenvalue weighted by atomic mass is 16.5. The normalized spacial score (nSPS) is 10.6. The molecule has 0 aliphatic rings. The van der Waals surface area contributed by atoms with Crippen LogP contribution in [0.4, 0.5) is 16.4 Å². The molecular formula is C22H21N7O5. The first-order valence-corrected chi connectivity index (χ1v) is 10.2. The smallest absolute Gasteiger partial charge is 0.412 e. The standard InChI is InChI=1S/C22H21N7O5/c1-12-19(13(2)34-29-12)28-22(31)33-11-15-6-3-5-14(25-15)10-24-20(30)17-9-16(26-21(23)27-17)18-7-4-8-32-18/h3-9H,10-11H2,1-2H3,(H,24,30)(H,28,31)(H2,23,26,27). The molecular weight excluding hydrogens is 442 g/mol. The van der Waals surface area contributed by atoms with E-state index >= 15 is 0 Å². The number of nitrogens with two attached hydrogens (primary N) is 1. The summed E-state index contributed by atoms with van der Waals surface area (Å²) < 4.78 is 15.5. The summed E-state index contributed by atoms with van der Waals surface area (Å²) in [6, 6.07) is 10.1. The van der Waals surface area contributed by atoms with E-state index < -0.39 is 12.0 Å². The van der Waals surface area contributed by atoms with Gasteiger partial charge in [0.2, 0.25) is 5.95 Å². The number of hydrogen-bond acceptors (Lipinski definition) is 10. The molecule has 0 saturated heterocycles. The van der Waals surface area contributed by atoms with Crippen molar-refractivity contribution in [1.82, 2.24) is 25.4 Å². The third-order valence-electron chi connectivity index (χ3n) is 4.66. The summed E-state index contributed by atoms with van der Waals surface area (Å²) in [4.78, 5) is 37.1. The molecule has 4 rings (SSSR count). The maximum Gasteiger partial charge on any atom is 0.412 e. The van der Waals surface area contributed by atoms with Gasteiger partial charge in [0.15, 0.2) is 11.5 Å². The van der Waals surface area contributed by atoms with E-state index in [4.69, 9.17) is 19.4 Å². The molecule has 0 spiro atoms. The molecule has 0 saturated carbocycles. The maximum absolute atomic E-state index is 12.6. The second kappa shape index (κ2) is 9.81. The number of aryl methyl sites for hydroxylation is 2. The minimum absolute atomic E-state index is 0.0498. The van der Waals surface area contributed by atoms with Crippen LogP contribution in [0.2, 0.25) is 0 Å². The molecule has 0 unspecified atom stereocenters. The molecule has 4 aromatic rings. The number of hydrogen-bond donors (Lipinski definition) is 3. The first kappa shape index (κ1) is 22.5. The van der Waals surface area contributed by atoms with Gasteiger partial charge >= 0.3 is 6.09 Å². The van der Waals surface area contributed by atoms with Gasteiger partial charge in [0.25, 0.3) is 5.91 Å². The number of amides is 2. The lowest BCUT2D eigenvalue weighted by molar-refractivity contribution is 0.0945. The van der Waals surface area contributed by atoms with Gasteiger partial charge in [-0.25, -0.2) is 14.8 Å². The molecule has 12 nitrogen and oxygen atoms in total. The average molecular weight is 463 g/mol. The van der Waals surface area contributed by atoms with Crippen molar-refractivity contribution in [3.05, 3.63) is 71.2 Å². The Kier molecular flexibility index (Phi) is 6.48. The maximum atomic E-state index is 12.6. The number of nitrogen functional groups attached to an aromatic ring is 1. The van der Waals surface area contributed by atoms with E-state index in [2.05, 4.69) is 30.7 Å². The number of anilines is 2. The molecule has 174 valence electrons. The van der Waals surface area contributed by atoms with E-state index in [1.165, 1.54) is 12.3 Å². The highest BCUT2D eigenvalue weighted by molar-refractivity contribution is 5.93. The van der Waals surface area contributed by atoms with Crippen molar-refractivity contribution in [2.45, 2.75) is 27.0 Å². The topological polar surface area (TPSA) is 171 Å². The summed E-state index contributed by atoms with van der Waals surface area (Å²) in [5.74, 6) is 0.443. The Morgan fingerprint density at radius 2 is 1.91 bits per heavy atom. The number of aromatic nitrogens is 4. The van der Waals surface area contributed by atoms with Gasteiger partial charge in [-0.15, -0.1) is 0 Å². The fraction of sp³-hybridized carbons (Fsp3) is 0.182. The predicted molar refractivity (Wildman–Crippen MR) is 119 cm³/mol. The lowest BCUT2D eigenvalue weighted by Crippen LogP contribution is -2.25. The summed E-state index contributed by atoms with van der Waals surface area (Å²) in [6.07, 6.45) is 0.833. The van der Waals surface area contributed by atoms with Crippen molar-refractivity contribution in [3.8, 4) is 11.5 Å². The SMILES string of the molecule is Cc1noc(C)c1NC(=O)OCc1cccc(CNC(=O)c2cc(-c3ccco3)nc(N)n2)n1. The van der Waals surface area contributed by atoms with Crippen molar-refractivity contribution in [2.24, 2.45) is 0 Å². The number of nitrogens with zero attached hydrogens (tertiary/aromatic N) is 4. The zero-order valence-electron chi connectivity index (χ0n) is 18.4. The second-order valence-corrected chi connectivity index (χ2v) is 7.18. The molecule has 0 aliphatic carbocycles. The van der Waals surface area contributed by atoms with E-state index in [0.717, 1.165) is 0 Å². The largest absolute Gasteiger partial charge is 0.463 e. The van der Waals surface area contributed by atoms with Crippen molar-refractivity contribution >= 4 is 23.6 Å². The predicted octanol–water partition coefficient (Wildman–Crippen LogP) is 3.00. The van der Waals surface area contributed by atoms with Gasteiger partial charge in [0.05, 0.1) is 24.2 Å². The summed E-state index contributed by atoms with van der Waals surface area (Å²) in [7, 11) is 0. The highest BCUT2D eigenvalue weighted by Gasteiger charge is 2.15. The van der Waals surface area contributed by atoms with Crippen LogP contribution in [0.3, 0.4) is 0 Å². The molecule has 0 atom stereocenters. The van der Waals surface area contributed by atoms with Gasteiger partial charge in [0, 0.05) is 0 Å². The molecule has 4 aromatic heterocycles. The van der Waals surface area contributed by atoms with Gasteiger partial charge in [0.1, 0.15) is 29.4 Å². The van der Waals surface area contributed by atoms with Crippen molar-refractivity contribution < 1.29 is 23.3 Å². The molecule has 4 N–H and O–H groups in total. The van der Waals surface area contributed by atoms with Crippen LogP contribution >= 0.6 is 0 Å². The molecule has 0 aliphatic heterocycles. The van der Waals surface area contributed by atoms with Crippen LogP contribution in [-0.4, -0.2) is 32.1 Å². The van der Waals surface area contributed by atoms with Gasteiger partial charge in [-0.2, -0.15) is 0 Å². The minimum Gasteiger partial charge on any atom is -0.463 e. The lowest BCUT2D eigenvalue weighted by atomic mass is 10.2. The summed E-state index contributed by atoms with van der Waals surface area (Å²) in [5, 5.41) is 9.09. The Balaban J connectivity index is 1.34. The van der Waals surface area contributed by atoms with E-state index in [-0.39, 0.29) is 24.8 Å². The molecule has 4 heterocycles. The van der Waals surface area contributed by atoms with Crippen LogP contribution in [0.1, 0.15) is 33.3 Å². The zero-order chi connectivity index (χ0) is 24.1. The Hall–Kier alpha value is -4.74. The Labute approximate surface area is 193 Å². The van der Waals surface area contributed by atoms with Gasteiger partial charge in [-0.3, -0.25) is 15.1 Å². The molecule has 12 heteroatoms. The summed E-state index contributed by atoms with van der Waals surface area (Å²) >= 11 is 0. The number of carbonyl (C=O) groups excluding carboxylic acids is 2. The minimum atomic E-state index is -0.663. The number of pyridine rings is 1. The summed E-state index contributed by atoms with van der Waals surface area (Å²) in [5.41, 5.74) is 8.31. The monoisotopic (exact) mass is 463 g/mol. The van der Waals surface area contributed by atoms with Crippen LogP contribution in [0.5, 0.6) is 0 Å². The molecule has 2 amide bonds. The van der Waals surface area contributed by atoms with E-state index in [0.29, 0.717) is 40.0 Å². The quantitative estimate of drug-likeness (QED) is 0.370. The van der Waals surface area contributed by atoms with Crippen molar-refractivity contribution in [1.29, 1.82) is 0 Å². The third kappa shape index (κ3) is 5.35. The first-order valence-electron chi connectivity index (χ1n) is 10.2. The fourth-order valence-corrected chi connectivity index (χ4v) is 3.04. The van der Waals surface area contributed by atoms with Gasteiger partial charge < -0.3 is 24.7 Å². The number of furan rings is 1. The summed E-state index contributed by atoms with van der Waals surface area (Å²) in [6.45, 7) is 3.45. The Morgan fingerprint density at radius 3 is 2.65 bits per heavy atom.